The molecule has 0 saturated heterocycles. The van der Waals surface area contributed by atoms with Crippen LogP contribution >= 0.6 is 68.0 Å². The highest BCUT2D eigenvalue weighted by Crippen LogP contribution is 2.46. The summed E-state index contributed by atoms with van der Waals surface area (Å²) in [7, 11) is 0. The van der Waals surface area contributed by atoms with E-state index in [-0.39, 0.29) is 0 Å². The Labute approximate surface area is 293 Å². The van der Waals surface area contributed by atoms with E-state index >= 15 is 0 Å². The fourth-order valence-electron chi connectivity index (χ4n) is 5.23. The van der Waals surface area contributed by atoms with Crippen LogP contribution in [0.15, 0.2) is 134 Å². The first-order valence-corrected chi connectivity index (χ1v) is 19.6. The van der Waals surface area contributed by atoms with Gasteiger partial charge < -0.3 is 0 Å². The third-order valence-electron chi connectivity index (χ3n) is 7.71. The van der Waals surface area contributed by atoms with Crippen molar-refractivity contribution in [1.29, 1.82) is 0 Å². The molecule has 0 nitrogen and oxygen atoms in total. The molecule has 46 heavy (non-hydrogen) atoms. The molecule has 8 aromatic rings. The van der Waals surface area contributed by atoms with Crippen molar-refractivity contribution < 1.29 is 0 Å². The van der Waals surface area contributed by atoms with Crippen LogP contribution in [0.3, 0.4) is 0 Å². The van der Waals surface area contributed by atoms with Crippen molar-refractivity contribution in [2.24, 2.45) is 0 Å². The van der Waals surface area contributed by atoms with E-state index in [1.165, 1.54) is 69.7 Å². The van der Waals surface area contributed by atoms with Crippen molar-refractivity contribution in [3.05, 3.63) is 146 Å². The minimum Gasteiger partial charge on any atom is -0.134 e. The molecule has 222 valence electrons. The van der Waals surface area contributed by atoms with Crippen LogP contribution in [0.4, 0.5) is 0 Å². The van der Waals surface area contributed by atoms with Crippen molar-refractivity contribution in [3.63, 3.8) is 0 Å². The number of thiophene rings is 6. The SMILES string of the molecule is C=Cc1ccc(-c2ccc(-c3ccc(-c4ccc(-c5ccc(-c6ccc(-c7ccc(-c8ccc(C=C)cc8)s7)s6)s5)s4)s3)s2)cc1. The van der Waals surface area contributed by atoms with E-state index in [1.54, 1.807) is 0 Å². The van der Waals surface area contributed by atoms with Gasteiger partial charge in [-0.2, -0.15) is 0 Å². The first-order chi connectivity index (χ1) is 22.6. The Balaban J connectivity index is 0.969. The standard InChI is InChI=1S/C40H26S6/c1-3-25-5-9-27(10-6-25)29-13-15-31(41-29)33-17-19-35(43-33)37-21-23-39(45-37)40-24-22-38(46-40)36-20-18-34(44-36)32-16-14-30(42-32)28-11-7-26(4-2)8-12-28/h3-24H,1-2H2. The molecule has 0 atom stereocenters. The summed E-state index contributed by atoms with van der Waals surface area (Å²) in [5, 5.41) is 0. The highest BCUT2D eigenvalue weighted by atomic mass is 32.1. The molecule has 2 aromatic carbocycles. The van der Waals surface area contributed by atoms with Gasteiger partial charge in [-0.1, -0.05) is 73.8 Å². The minimum absolute atomic E-state index is 1.15. The van der Waals surface area contributed by atoms with Crippen LogP contribution < -0.4 is 0 Å². The van der Waals surface area contributed by atoms with Gasteiger partial charge in [-0.25, -0.2) is 0 Å². The first kappa shape index (κ1) is 29.5. The van der Waals surface area contributed by atoms with Crippen molar-refractivity contribution in [2.45, 2.75) is 0 Å². The lowest BCUT2D eigenvalue weighted by Gasteiger charge is -1.98. The second kappa shape index (κ2) is 12.7. The molecule has 8 rings (SSSR count). The second-order valence-corrected chi connectivity index (χ2v) is 17.1. The van der Waals surface area contributed by atoms with E-state index in [1.807, 2.05) is 80.2 Å². The van der Waals surface area contributed by atoms with Gasteiger partial charge in [0.15, 0.2) is 0 Å². The lowest BCUT2D eigenvalue weighted by atomic mass is 10.1. The lowest BCUT2D eigenvalue weighted by Crippen LogP contribution is -1.73. The van der Waals surface area contributed by atoms with Crippen LogP contribution in [0.5, 0.6) is 0 Å². The molecule has 0 radical (unpaired) electrons. The summed E-state index contributed by atoms with van der Waals surface area (Å²) in [5.41, 5.74) is 4.80. The van der Waals surface area contributed by atoms with Gasteiger partial charge in [0.2, 0.25) is 0 Å². The predicted molar refractivity (Wildman–Crippen MR) is 212 cm³/mol. The molecule has 0 spiro atoms. The Hall–Kier alpha value is -3.88. The van der Waals surface area contributed by atoms with Gasteiger partial charge in [-0.05, 0) is 95.1 Å². The predicted octanol–water partition coefficient (Wildman–Crippen LogP) is 15.0. The zero-order valence-electron chi connectivity index (χ0n) is 24.6. The summed E-state index contributed by atoms with van der Waals surface area (Å²) in [6.45, 7) is 7.73. The van der Waals surface area contributed by atoms with Gasteiger partial charge in [0, 0.05) is 58.5 Å². The lowest BCUT2D eigenvalue weighted by molar-refractivity contribution is 1.66. The van der Waals surface area contributed by atoms with E-state index in [0.29, 0.717) is 0 Å². The smallest absolute Gasteiger partial charge is 0.0449 e. The summed E-state index contributed by atoms with van der Waals surface area (Å²) >= 11 is 11.2. The zero-order valence-corrected chi connectivity index (χ0v) is 29.5. The topological polar surface area (TPSA) is 0 Å². The first-order valence-electron chi connectivity index (χ1n) is 14.7. The van der Waals surface area contributed by atoms with E-state index in [9.17, 15) is 0 Å². The van der Waals surface area contributed by atoms with Gasteiger partial charge >= 0.3 is 0 Å². The molecular weight excluding hydrogens is 673 g/mol. The summed E-state index contributed by atoms with van der Waals surface area (Å²) in [6, 6.07) is 44.4. The largest absolute Gasteiger partial charge is 0.134 e. The maximum Gasteiger partial charge on any atom is 0.0449 e. The molecule has 0 bridgehead atoms. The van der Waals surface area contributed by atoms with Gasteiger partial charge in [0.05, 0.1) is 0 Å². The molecule has 0 N–H and O–H groups in total. The van der Waals surface area contributed by atoms with Gasteiger partial charge in [-0.15, -0.1) is 68.0 Å². The Morgan fingerprint density at radius 1 is 0.261 bits per heavy atom. The Morgan fingerprint density at radius 2 is 0.457 bits per heavy atom. The Morgan fingerprint density at radius 3 is 0.674 bits per heavy atom. The highest BCUT2D eigenvalue weighted by Gasteiger charge is 2.14. The summed E-state index contributed by atoms with van der Waals surface area (Å²) in [5.74, 6) is 0. The number of rotatable bonds is 9. The number of benzene rings is 2. The molecule has 0 unspecified atom stereocenters. The molecule has 6 aromatic heterocycles. The maximum atomic E-state index is 3.86. The minimum atomic E-state index is 1.15. The van der Waals surface area contributed by atoms with Gasteiger partial charge in [-0.3, -0.25) is 0 Å². The molecule has 0 saturated carbocycles. The third-order valence-corrected chi connectivity index (χ3v) is 15.3. The normalized spacial score (nSPS) is 11.2. The maximum absolute atomic E-state index is 3.86. The average molecular weight is 699 g/mol. The van der Waals surface area contributed by atoms with Crippen molar-refractivity contribution in [1.82, 2.24) is 0 Å². The third kappa shape index (κ3) is 5.89. The molecule has 0 aliphatic heterocycles. The fraction of sp³-hybridized carbons (Fsp3) is 0. The molecular formula is C40H26S6. The van der Waals surface area contributed by atoms with E-state index in [2.05, 4.69) is 134 Å². The zero-order chi connectivity index (χ0) is 31.0. The summed E-state index contributed by atoms with van der Waals surface area (Å²) < 4.78 is 0. The van der Waals surface area contributed by atoms with Crippen molar-refractivity contribution in [2.75, 3.05) is 0 Å². The fourth-order valence-corrected chi connectivity index (χ4v) is 11.7. The highest BCUT2D eigenvalue weighted by molar-refractivity contribution is 7.30. The quantitative estimate of drug-likeness (QED) is 0.141. The Bertz CT molecular complexity index is 2120. The molecule has 0 fully saturated rings. The van der Waals surface area contributed by atoms with Crippen molar-refractivity contribution in [3.8, 4) is 69.7 Å². The molecule has 0 aliphatic carbocycles. The van der Waals surface area contributed by atoms with E-state index in [4.69, 9.17) is 0 Å². The monoisotopic (exact) mass is 698 g/mol. The number of hydrogen-bond acceptors (Lipinski definition) is 6. The van der Waals surface area contributed by atoms with Gasteiger partial charge in [0.1, 0.15) is 0 Å². The van der Waals surface area contributed by atoms with Crippen LogP contribution in [-0.2, 0) is 0 Å². The van der Waals surface area contributed by atoms with Crippen LogP contribution in [0.25, 0.3) is 81.8 Å². The number of hydrogen-bond donors (Lipinski definition) is 0. The van der Waals surface area contributed by atoms with Crippen molar-refractivity contribution >= 4 is 80.2 Å². The van der Waals surface area contributed by atoms with Crippen LogP contribution in [-0.4, -0.2) is 0 Å². The molecule has 0 amide bonds. The summed E-state index contributed by atoms with van der Waals surface area (Å²) in [4.78, 5) is 15.8. The average Bonchev–Trinajstić information content (AvgIpc) is 3.95. The van der Waals surface area contributed by atoms with Crippen LogP contribution in [0, 0.1) is 0 Å². The van der Waals surface area contributed by atoms with E-state index < -0.39 is 0 Å². The summed E-state index contributed by atoms with van der Waals surface area (Å²) in [6.07, 6.45) is 3.77. The van der Waals surface area contributed by atoms with Crippen LogP contribution in [0.1, 0.15) is 11.1 Å². The second-order valence-electron chi connectivity index (χ2n) is 10.6. The van der Waals surface area contributed by atoms with Crippen LogP contribution in [0.2, 0.25) is 0 Å². The molecule has 6 heteroatoms. The molecule has 0 aliphatic rings. The van der Waals surface area contributed by atoms with E-state index in [0.717, 1.165) is 11.1 Å². The molecule has 6 heterocycles. The Kier molecular flexibility index (Phi) is 8.17. The van der Waals surface area contributed by atoms with Gasteiger partial charge in [0.25, 0.3) is 0 Å².